The first-order valence-electron chi connectivity index (χ1n) is 5.98. The van der Waals surface area contributed by atoms with Crippen molar-refractivity contribution in [2.24, 2.45) is 5.41 Å². The van der Waals surface area contributed by atoms with Crippen LogP contribution in [0, 0.1) is 5.41 Å². The summed E-state index contributed by atoms with van der Waals surface area (Å²) in [5.41, 5.74) is 2.14. The van der Waals surface area contributed by atoms with Gasteiger partial charge in [0, 0.05) is 35.8 Å². The van der Waals surface area contributed by atoms with Crippen LogP contribution < -0.4 is 5.32 Å². The molecule has 0 amide bonds. The van der Waals surface area contributed by atoms with Crippen molar-refractivity contribution in [1.29, 1.82) is 0 Å². The van der Waals surface area contributed by atoms with Gasteiger partial charge in [-0.3, -0.25) is 0 Å². The van der Waals surface area contributed by atoms with Gasteiger partial charge in [0.05, 0.1) is 0 Å². The largest absolute Gasteiger partial charge is 0.374 e. The highest BCUT2D eigenvalue weighted by molar-refractivity contribution is 5.12. The molecule has 0 unspecified atom stereocenters. The molecule has 0 aromatic carbocycles. The van der Waals surface area contributed by atoms with Crippen LogP contribution in [0.5, 0.6) is 0 Å². The van der Waals surface area contributed by atoms with E-state index in [1.807, 2.05) is 0 Å². The third-order valence-electron chi connectivity index (χ3n) is 3.59. The molecule has 1 saturated heterocycles. The van der Waals surface area contributed by atoms with E-state index in [9.17, 15) is 0 Å². The van der Waals surface area contributed by atoms with Gasteiger partial charge in [-0.15, -0.1) is 0 Å². The Hall–Kier alpha value is -0.500. The molecule has 0 radical (unpaired) electrons. The molecule has 1 spiro atoms. The lowest BCUT2D eigenvalue weighted by molar-refractivity contribution is -0.0647. The van der Waals surface area contributed by atoms with E-state index >= 15 is 0 Å². The van der Waals surface area contributed by atoms with Crippen LogP contribution in [0.4, 0.5) is 0 Å². The third-order valence-corrected chi connectivity index (χ3v) is 3.59. The highest BCUT2D eigenvalue weighted by atomic mass is 15.2. The molecule has 2 heteroatoms. The molecule has 2 nitrogen and oxygen atoms in total. The average molecular weight is 208 g/mol. The van der Waals surface area contributed by atoms with Crippen LogP contribution in [0.15, 0.2) is 12.3 Å². The predicted octanol–water partition coefficient (Wildman–Crippen LogP) is 2.37. The highest BCUT2D eigenvalue weighted by Crippen LogP contribution is 2.49. The molecule has 1 N–H and O–H groups in total. The number of hydrogen-bond donors (Lipinski definition) is 1. The maximum absolute atomic E-state index is 3.99. The lowest BCUT2D eigenvalue weighted by Gasteiger charge is -2.61. The normalized spacial score (nSPS) is 24.9. The van der Waals surface area contributed by atoms with Crippen molar-refractivity contribution in [1.82, 2.24) is 10.2 Å². The van der Waals surface area contributed by atoms with Gasteiger partial charge in [-0.25, -0.2) is 0 Å². The molecular formula is C13H24N2. The van der Waals surface area contributed by atoms with Gasteiger partial charge in [-0.1, -0.05) is 6.58 Å². The Morgan fingerprint density at radius 3 is 2.27 bits per heavy atom. The summed E-state index contributed by atoms with van der Waals surface area (Å²) < 4.78 is 0. The number of allylic oxidation sites excluding steroid dienone is 1. The van der Waals surface area contributed by atoms with E-state index in [2.05, 4.69) is 44.5 Å². The fourth-order valence-corrected chi connectivity index (χ4v) is 2.99. The van der Waals surface area contributed by atoms with Crippen LogP contribution in [-0.4, -0.2) is 29.6 Å². The van der Waals surface area contributed by atoms with Gasteiger partial charge in [0.15, 0.2) is 0 Å². The number of hydrogen-bond acceptors (Lipinski definition) is 2. The SMILES string of the molecule is C=C(C)N1CC2(CC(NC(C)(C)C)C2)C1. The Morgan fingerprint density at radius 1 is 1.33 bits per heavy atom. The summed E-state index contributed by atoms with van der Waals surface area (Å²) >= 11 is 0. The second kappa shape index (κ2) is 3.24. The van der Waals surface area contributed by atoms with E-state index in [-0.39, 0.29) is 5.54 Å². The molecule has 0 bridgehead atoms. The van der Waals surface area contributed by atoms with Crippen LogP contribution in [0.1, 0.15) is 40.5 Å². The van der Waals surface area contributed by atoms with Crippen LogP contribution in [0.25, 0.3) is 0 Å². The molecule has 15 heavy (non-hydrogen) atoms. The van der Waals surface area contributed by atoms with Crippen molar-refractivity contribution in [2.45, 2.75) is 52.1 Å². The first-order valence-corrected chi connectivity index (χ1v) is 5.98. The molecule has 0 aromatic rings. The second-order valence-electron chi connectivity index (χ2n) is 6.59. The molecule has 2 rings (SSSR count). The second-order valence-corrected chi connectivity index (χ2v) is 6.59. The quantitative estimate of drug-likeness (QED) is 0.749. The molecule has 1 aliphatic heterocycles. The minimum Gasteiger partial charge on any atom is -0.374 e. The van der Waals surface area contributed by atoms with Gasteiger partial charge in [-0.05, 0) is 40.5 Å². The standard InChI is InChI=1S/C13H24N2/c1-10(2)15-8-13(9-15)6-11(7-13)14-12(3,4)5/h11,14H,1,6-9H2,2-5H3. The van der Waals surface area contributed by atoms with Crippen LogP contribution in [0.3, 0.4) is 0 Å². The zero-order valence-electron chi connectivity index (χ0n) is 10.6. The smallest absolute Gasteiger partial charge is 0.0249 e. The lowest BCUT2D eigenvalue weighted by atomic mass is 9.60. The molecule has 2 aliphatic rings. The van der Waals surface area contributed by atoms with Crippen molar-refractivity contribution < 1.29 is 0 Å². The Kier molecular flexibility index (Phi) is 2.38. The molecular weight excluding hydrogens is 184 g/mol. The summed E-state index contributed by atoms with van der Waals surface area (Å²) in [6, 6.07) is 0.747. The summed E-state index contributed by atoms with van der Waals surface area (Å²) in [5, 5.41) is 3.68. The van der Waals surface area contributed by atoms with E-state index in [1.165, 1.54) is 31.6 Å². The average Bonchev–Trinajstić information content (AvgIpc) is 1.87. The van der Waals surface area contributed by atoms with Crippen molar-refractivity contribution in [2.75, 3.05) is 13.1 Å². The van der Waals surface area contributed by atoms with Crippen LogP contribution in [-0.2, 0) is 0 Å². The predicted molar refractivity (Wildman–Crippen MR) is 64.7 cm³/mol. The summed E-state index contributed by atoms with van der Waals surface area (Å²) in [6.45, 7) is 15.3. The van der Waals surface area contributed by atoms with Gasteiger partial charge in [0.2, 0.25) is 0 Å². The highest BCUT2D eigenvalue weighted by Gasteiger charge is 2.52. The fourth-order valence-electron chi connectivity index (χ4n) is 2.99. The van der Waals surface area contributed by atoms with Gasteiger partial charge in [0.25, 0.3) is 0 Å². The monoisotopic (exact) mass is 208 g/mol. The maximum atomic E-state index is 3.99. The van der Waals surface area contributed by atoms with E-state index < -0.39 is 0 Å². The molecule has 1 aliphatic carbocycles. The van der Waals surface area contributed by atoms with Crippen molar-refractivity contribution in [3.05, 3.63) is 12.3 Å². The van der Waals surface area contributed by atoms with Gasteiger partial charge >= 0.3 is 0 Å². The maximum Gasteiger partial charge on any atom is 0.0249 e. The van der Waals surface area contributed by atoms with Crippen LogP contribution in [0.2, 0.25) is 0 Å². The lowest BCUT2D eigenvalue weighted by Crippen LogP contribution is -2.66. The Morgan fingerprint density at radius 2 is 1.87 bits per heavy atom. The fraction of sp³-hybridized carbons (Fsp3) is 0.846. The van der Waals surface area contributed by atoms with Crippen molar-refractivity contribution in [3.63, 3.8) is 0 Å². The van der Waals surface area contributed by atoms with Gasteiger partial charge in [-0.2, -0.15) is 0 Å². The van der Waals surface area contributed by atoms with Gasteiger partial charge in [0.1, 0.15) is 0 Å². The molecule has 1 saturated carbocycles. The molecule has 0 aromatic heterocycles. The van der Waals surface area contributed by atoms with Crippen LogP contribution >= 0.6 is 0 Å². The number of rotatable bonds is 2. The minimum atomic E-state index is 0.268. The van der Waals surface area contributed by atoms with E-state index in [0.717, 1.165) is 6.04 Å². The molecule has 2 fully saturated rings. The number of nitrogens with zero attached hydrogens (tertiary/aromatic N) is 1. The first kappa shape index (κ1) is 11.0. The number of nitrogens with one attached hydrogen (secondary N) is 1. The molecule has 86 valence electrons. The Bertz CT molecular complexity index is 261. The third kappa shape index (κ3) is 2.20. The first-order chi connectivity index (χ1) is 6.80. The molecule has 1 heterocycles. The van der Waals surface area contributed by atoms with Crippen molar-refractivity contribution in [3.8, 4) is 0 Å². The zero-order chi connectivity index (χ0) is 11.3. The number of likely N-dealkylation sites (tertiary alicyclic amines) is 1. The summed E-state index contributed by atoms with van der Waals surface area (Å²) in [7, 11) is 0. The van der Waals surface area contributed by atoms with Crippen molar-refractivity contribution >= 4 is 0 Å². The zero-order valence-corrected chi connectivity index (χ0v) is 10.6. The van der Waals surface area contributed by atoms with E-state index in [0.29, 0.717) is 5.41 Å². The summed E-state index contributed by atoms with van der Waals surface area (Å²) in [6.07, 6.45) is 2.71. The van der Waals surface area contributed by atoms with E-state index in [4.69, 9.17) is 0 Å². The van der Waals surface area contributed by atoms with E-state index in [1.54, 1.807) is 0 Å². The summed E-state index contributed by atoms with van der Waals surface area (Å²) in [4.78, 5) is 2.40. The Labute approximate surface area is 93.7 Å². The summed E-state index contributed by atoms with van der Waals surface area (Å²) in [5.74, 6) is 0. The molecule has 0 atom stereocenters. The topological polar surface area (TPSA) is 15.3 Å². The Balaban J connectivity index is 1.74. The van der Waals surface area contributed by atoms with Gasteiger partial charge < -0.3 is 10.2 Å². The minimum absolute atomic E-state index is 0.268.